The average molecular weight is 401 g/mol. The van der Waals surface area contributed by atoms with Gasteiger partial charge in [-0.15, -0.1) is 0 Å². The summed E-state index contributed by atoms with van der Waals surface area (Å²) < 4.78 is 6.07. The molecule has 0 amide bonds. The van der Waals surface area contributed by atoms with Crippen LogP contribution in [0.4, 0.5) is 0 Å². The molecule has 3 rings (SSSR count). The van der Waals surface area contributed by atoms with Crippen LogP contribution < -0.4 is 0 Å². The summed E-state index contributed by atoms with van der Waals surface area (Å²) in [6.45, 7) is 19.4. The minimum atomic E-state index is 0.732. The lowest BCUT2D eigenvalue weighted by Crippen LogP contribution is -1.76. The predicted molar refractivity (Wildman–Crippen MR) is 134 cm³/mol. The quantitative estimate of drug-likeness (QED) is 0.323. The smallest absolute Gasteiger partial charge is 0.136 e. The van der Waals surface area contributed by atoms with Crippen molar-refractivity contribution < 1.29 is 4.42 Å². The van der Waals surface area contributed by atoms with Gasteiger partial charge in [-0.05, 0) is 62.4 Å². The Kier molecular flexibility index (Phi) is 6.61. The highest BCUT2D eigenvalue weighted by Crippen LogP contribution is 2.29. The zero-order valence-corrected chi connectivity index (χ0v) is 18.0. The molecule has 1 heteroatoms. The first kappa shape index (κ1) is 21.5. The van der Waals surface area contributed by atoms with Gasteiger partial charge < -0.3 is 4.42 Å². The Balaban J connectivity index is 1.88. The minimum absolute atomic E-state index is 0.732. The van der Waals surface area contributed by atoms with Crippen molar-refractivity contribution in [2.24, 2.45) is 0 Å². The average Bonchev–Trinajstić information content (AvgIpc) is 3.10. The summed E-state index contributed by atoms with van der Waals surface area (Å²) in [5.74, 6) is 12.4. The molecule has 0 spiro atoms. The monoisotopic (exact) mass is 400 g/mol. The zero-order chi connectivity index (χ0) is 22.4. The van der Waals surface area contributed by atoms with Crippen molar-refractivity contribution in [3.8, 4) is 23.7 Å². The first-order valence-electron chi connectivity index (χ1n) is 9.87. The molecule has 0 saturated carbocycles. The predicted octanol–water partition coefficient (Wildman–Crippen LogP) is 7.67. The van der Waals surface area contributed by atoms with E-state index in [-0.39, 0.29) is 0 Å². The highest BCUT2D eigenvalue weighted by molar-refractivity contribution is 6.05. The van der Waals surface area contributed by atoms with Gasteiger partial charge >= 0.3 is 0 Å². The second-order valence-corrected chi connectivity index (χ2v) is 7.43. The lowest BCUT2D eigenvalue weighted by Gasteiger charge is -1.92. The van der Waals surface area contributed by atoms with Gasteiger partial charge in [0.25, 0.3) is 0 Å². The molecule has 1 aromatic heterocycles. The van der Waals surface area contributed by atoms with Crippen LogP contribution in [0.1, 0.15) is 25.0 Å². The van der Waals surface area contributed by atoms with Gasteiger partial charge in [-0.25, -0.2) is 0 Å². The Bertz CT molecular complexity index is 1300. The fraction of sp³-hybridized carbons (Fsp3) is 0.0667. The Morgan fingerprint density at radius 3 is 1.48 bits per heavy atom. The number of hydrogen-bond acceptors (Lipinski definition) is 1. The van der Waals surface area contributed by atoms with E-state index in [4.69, 9.17) is 4.42 Å². The minimum Gasteiger partial charge on any atom is -0.456 e. The fourth-order valence-corrected chi connectivity index (χ4v) is 2.81. The van der Waals surface area contributed by atoms with E-state index in [0.29, 0.717) is 0 Å². The molecule has 0 bridgehead atoms. The van der Waals surface area contributed by atoms with E-state index in [9.17, 15) is 0 Å². The molecular formula is C30H24O. The molecule has 0 unspecified atom stereocenters. The maximum Gasteiger partial charge on any atom is 0.136 e. The van der Waals surface area contributed by atoms with Crippen molar-refractivity contribution in [3.05, 3.63) is 120 Å². The van der Waals surface area contributed by atoms with E-state index in [1.54, 1.807) is 0 Å². The molecule has 0 aliphatic rings. The molecule has 0 N–H and O–H groups in total. The van der Waals surface area contributed by atoms with Gasteiger partial charge in [-0.1, -0.05) is 73.3 Å². The first-order valence-corrected chi connectivity index (χ1v) is 9.87. The lowest BCUT2D eigenvalue weighted by molar-refractivity contribution is 0.668. The van der Waals surface area contributed by atoms with Gasteiger partial charge in [0.1, 0.15) is 11.2 Å². The summed E-state index contributed by atoms with van der Waals surface area (Å²) in [5, 5.41) is 2.10. The van der Waals surface area contributed by atoms with Gasteiger partial charge in [0.05, 0.1) is 0 Å². The molecule has 1 nitrogen and oxygen atoms in total. The molecule has 2 aromatic carbocycles. The van der Waals surface area contributed by atoms with E-state index >= 15 is 0 Å². The molecule has 150 valence electrons. The molecule has 0 aliphatic carbocycles. The number of benzene rings is 2. The molecule has 31 heavy (non-hydrogen) atoms. The van der Waals surface area contributed by atoms with Crippen molar-refractivity contribution in [1.29, 1.82) is 0 Å². The Labute approximate surface area is 184 Å². The van der Waals surface area contributed by atoms with Crippen LogP contribution in [0.25, 0.3) is 21.9 Å². The molecule has 0 aliphatic heterocycles. The van der Waals surface area contributed by atoms with E-state index in [0.717, 1.165) is 55.4 Å². The number of allylic oxidation sites excluding steroid dienone is 8. The zero-order valence-electron chi connectivity index (χ0n) is 18.0. The summed E-state index contributed by atoms with van der Waals surface area (Å²) in [6, 6.07) is 12.0. The number of fused-ring (bicyclic) bond motifs is 3. The van der Waals surface area contributed by atoms with Crippen molar-refractivity contribution in [3.63, 3.8) is 0 Å². The summed E-state index contributed by atoms with van der Waals surface area (Å²) in [5.41, 5.74) is 6.72. The normalized spacial score (nSPS) is 10.6. The number of hydrogen-bond donors (Lipinski definition) is 0. The molecule has 0 saturated heterocycles. The van der Waals surface area contributed by atoms with Crippen molar-refractivity contribution in [2.45, 2.75) is 13.8 Å². The highest BCUT2D eigenvalue weighted by Gasteiger charge is 2.07. The Morgan fingerprint density at radius 1 is 0.677 bits per heavy atom. The second-order valence-electron chi connectivity index (χ2n) is 7.43. The van der Waals surface area contributed by atoms with Gasteiger partial charge in [0.15, 0.2) is 0 Å². The van der Waals surface area contributed by atoms with E-state index in [1.807, 2.05) is 74.5 Å². The molecule has 0 atom stereocenters. The maximum absolute atomic E-state index is 6.07. The number of rotatable bonds is 4. The van der Waals surface area contributed by atoms with Crippen LogP contribution in [0.2, 0.25) is 0 Å². The van der Waals surface area contributed by atoms with Crippen LogP contribution in [0.5, 0.6) is 0 Å². The van der Waals surface area contributed by atoms with Crippen LogP contribution >= 0.6 is 0 Å². The van der Waals surface area contributed by atoms with E-state index < -0.39 is 0 Å². The summed E-state index contributed by atoms with van der Waals surface area (Å²) in [6.07, 6.45) is 7.51. The third-order valence-corrected chi connectivity index (χ3v) is 4.35. The second kappa shape index (κ2) is 9.53. The van der Waals surface area contributed by atoms with Crippen LogP contribution in [0.15, 0.2) is 114 Å². The van der Waals surface area contributed by atoms with Crippen LogP contribution in [0, 0.1) is 23.7 Å². The van der Waals surface area contributed by atoms with Crippen LogP contribution in [0.3, 0.4) is 0 Å². The third kappa shape index (κ3) is 5.89. The van der Waals surface area contributed by atoms with Crippen LogP contribution in [-0.2, 0) is 0 Å². The van der Waals surface area contributed by atoms with E-state index in [1.165, 1.54) is 0 Å². The summed E-state index contributed by atoms with van der Waals surface area (Å²) in [4.78, 5) is 0. The van der Waals surface area contributed by atoms with Gasteiger partial charge in [-0.2, -0.15) is 0 Å². The SMILES string of the molecule is C=C(C)/C=C\C(=C)C#Cc1ccc2c(c1)oc1cc(C#CC(=C)/C=C\C(=C)C)ccc12. The van der Waals surface area contributed by atoms with E-state index in [2.05, 4.69) is 50.0 Å². The molecule has 0 radical (unpaired) electrons. The van der Waals surface area contributed by atoms with Crippen molar-refractivity contribution in [1.82, 2.24) is 0 Å². The van der Waals surface area contributed by atoms with Gasteiger partial charge in [-0.3, -0.25) is 0 Å². The standard InChI is InChI=1S/C30H24O/c1-21(2)7-9-23(5)11-13-25-15-17-27-28-18-16-26(20-30(28)31-29(27)19-25)14-12-24(6)10-8-22(3)4/h7-10,15-20H,1,3,5-6H2,2,4H3/b9-7-,10-8-. The van der Waals surface area contributed by atoms with Crippen molar-refractivity contribution >= 4 is 21.9 Å². The molecule has 0 fully saturated rings. The Hall–Kier alpha value is -4.20. The number of furan rings is 1. The summed E-state index contributed by atoms with van der Waals surface area (Å²) in [7, 11) is 0. The Morgan fingerprint density at radius 2 is 1.10 bits per heavy atom. The largest absolute Gasteiger partial charge is 0.456 e. The van der Waals surface area contributed by atoms with Crippen molar-refractivity contribution in [2.75, 3.05) is 0 Å². The highest BCUT2D eigenvalue weighted by atomic mass is 16.3. The molecule has 3 aromatic rings. The first-order chi connectivity index (χ1) is 14.8. The summed E-state index contributed by atoms with van der Waals surface area (Å²) >= 11 is 0. The van der Waals surface area contributed by atoms with Crippen LogP contribution in [-0.4, -0.2) is 0 Å². The topological polar surface area (TPSA) is 13.1 Å². The third-order valence-electron chi connectivity index (χ3n) is 4.35. The van der Waals surface area contributed by atoms with Gasteiger partial charge in [0, 0.05) is 33.0 Å². The van der Waals surface area contributed by atoms with Gasteiger partial charge in [0.2, 0.25) is 0 Å². The fourth-order valence-electron chi connectivity index (χ4n) is 2.81. The maximum atomic E-state index is 6.07. The molecule has 1 heterocycles. The lowest BCUT2D eigenvalue weighted by atomic mass is 10.1. The molecular weight excluding hydrogens is 376 g/mol.